The van der Waals surface area contributed by atoms with E-state index in [0.29, 0.717) is 15.9 Å². The number of hydrogen-bond donors (Lipinski definition) is 1. The predicted molar refractivity (Wildman–Crippen MR) is 81.4 cm³/mol. The Labute approximate surface area is 115 Å². The highest BCUT2D eigenvalue weighted by Crippen LogP contribution is 2.30. The van der Waals surface area contributed by atoms with Crippen molar-refractivity contribution in [2.45, 2.75) is 13.8 Å². The molecule has 1 N–H and O–H groups in total. The van der Waals surface area contributed by atoms with Crippen LogP contribution in [0.5, 0.6) is 5.75 Å². The molecule has 0 spiro atoms. The maximum Gasteiger partial charge on any atom is 0.266 e. The van der Waals surface area contributed by atoms with Gasteiger partial charge in [0.05, 0.1) is 12.6 Å². The molecule has 0 unspecified atom stereocenters. The summed E-state index contributed by atoms with van der Waals surface area (Å²) in [7, 11) is 7.78. The van der Waals surface area contributed by atoms with Gasteiger partial charge < -0.3 is 9.72 Å². The summed E-state index contributed by atoms with van der Waals surface area (Å²) in [5, 5.41) is 1.77. The van der Waals surface area contributed by atoms with Gasteiger partial charge in [-0.15, -0.1) is 11.3 Å². The molecule has 2 radical (unpaired) electrons. The predicted octanol–water partition coefficient (Wildman–Crippen LogP) is 2.16. The van der Waals surface area contributed by atoms with Crippen molar-refractivity contribution in [3.63, 3.8) is 0 Å². The lowest BCUT2D eigenvalue weighted by Gasteiger charge is -2.12. The van der Waals surface area contributed by atoms with Crippen LogP contribution in [0.1, 0.15) is 10.4 Å². The fourth-order valence-corrected chi connectivity index (χ4v) is 3.36. The average molecular weight is 269 g/mol. The Bertz CT molecular complexity index is 863. The van der Waals surface area contributed by atoms with Crippen LogP contribution in [0.2, 0.25) is 0 Å². The third kappa shape index (κ3) is 1.69. The first kappa shape index (κ1) is 12.3. The van der Waals surface area contributed by atoms with Crippen molar-refractivity contribution in [2.75, 3.05) is 7.11 Å². The number of nitrogens with one attached hydrogen (secondary N) is 1. The molecule has 3 nitrogen and oxygen atoms in total. The second kappa shape index (κ2) is 4.13. The van der Waals surface area contributed by atoms with Crippen LogP contribution in [0.4, 0.5) is 0 Å². The first-order valence-corrected chi connectivity index (χ1v) is 6.73. The Hall–Kier alpha value is -1.75. The van der Waals surface area contributed by atoms with Crippen LogP contribution in [0, 0.1) is 13.8 Å². The van der Waals surface area contributed by atoms with Crippen LogP contribution in [0.15, 0.2) is 16.9 Å². The van der Waals surface area contributed by atoms with Gasteiger partial charge in [0.15, 0.2) is 0 Å². The number of ether oxygens (including phenoxy) is 1. The highest BCUT2D eigenvalue weighted by molar-refractivity contribution is 7.19. The SMILES string of the molecule is [B]c1c(OC)cc(C)c2[nH]c(=O)c3sc(C)cc3c12. The largest absolute Gasteiger partial charge is 0.497 e. The molecule has 0 saturated heterocycles. The zero-order valence-corrected chi connectivity index (χ0v) is 11.8. The number of pyridine rings is 1. The molecule has 3 rings (SSSR count). The number of hydrogen-bond acceptors (Lipinski definition) is 3. The van der Waals surface area contributed by atoms with E-state index in [4.69, 9.17) is 12.6 Å². The molecule has 5 heteroatoms. The van der Waals surface area contributed by atoms with Crippen molar-refractivity contribution in [3.8, 4) is 5.75 Å². The van der Waals surface area contributed by atoms with E-state index in [1.54, 1.807) is 7.11 Å². The Balaban J connectivity index is 2.66. The molecule has 0 aliphatic heterocycles. The molecule has 0 atom stereocenters. The minimum Gasteiger partial charge on any atom is -0.497 e. The summed E-state index contributed by atoms with van der Waals surface area (Å²) in [6.07, 6.45) is 0. The molecular weight excluding hydrogens is 257 g/mol. The monoisotopic (exact) mass is 269 g/mol. The molecule has 0 amide bonds. The summed E-state index contributed by atoms with van der Waals surface area (Å²) in [5.41, 5.74) is 2.24. The highest BCUT2D eigenvalue weighted by Gasteiger charge is 2.14. The van der Waals surface area contributed by atoms with Crippen molar-refractivity contribution in [1.29, 1.82) is 0 Å². The first-order chi connectivity index (χ1) is 9.02. The molecule has 0 aliphatic rings. The van der Waals surface area contributed by atoms with E-state index in [2.05, 4.69) is 4.98 Å². The van der Waals surface area contributed by atoms with Crippen LogP contribution < -0.4 is 15.8 Å². The van der Waals surface area contributed by atoms with Crippen molar-refractivity contribution in [2.24, 2.45) is 0 Å². The third-order valence-corrected chi connectivity index (χ3v) is 4.37. The Kier molecular flexibility index (Phi) is 2.67. The van der Waals surface area contributed by atoms with Gasteiger partial charge in [0.1, 0.15) is 18.3 Å². The average Bonchev–Trinajstić information content (AvgIpc) is 2.75. The first-order valence-electron chi connectivity index (χ1n) is 5.92. The van der Waals surface area contributed by atoms with Crippen LogP contribution in [0.3, 0.4) is 0 Å². The van der Waals surface area contributed by atoms with Gasteiger partial charge >= 0.3 is 0 Å². The Morgan fingerprint density at radius 3 is 2.74 bits per heavy atom. The quantitative estimate of drug-likeness (QED) is 0.688. The molecule has 0 saturated carbocycles. The summed E-state index contributed by atoms with van der Waals surface area (Å²) < 4.78 is 6.02. The molecular formula is C14H12BNO2S. The standard InChI is InChI=1S/C14H12BNO2S/c1-6-4-9(18-3)11(15)10-8-5-7(2)19-13(8)14(17)16-12(6)10/h4-5H,1-3H3,(H,16,17). The van der Waals surface area contributed by atoms with E-state index in [1.165, 1.54) is 11.3 Å². The second-order valence-corrected chi connectivity index (χ2v) is 5.87. The van der Waals surface area contributed by atoms with Crippen LogP contribution in [-0.2, 0) is 0 Å². The molecule has 3 aromatic rings. The minimum atomic E-state index is -0.0618. The zero-order valence-electron chi connectivity index (χ0n) is 11.0. The van der Waals surface area contributed by atoms with Crippen molar-refractivity contribution < 1.29 is 4.74 Å². The summed E-state index contributed by atoms with van der Waals surface area (Å²) in [4.78, 5) is 16.1. The van der Waals surface area contributed by atoms with Gasteiger partial charge in [-0.2, -0.15) is 0 Å². The fourth-order valence-electron chi connectivity index (χ4n) is 2.45. The summed E-state index contributed by atoms with van der Waals surface area (Å²) in [5.74, 6) is 0.641. The van der Waals surface area contributed by atoms with Crippen molar-refractivity contribution in [1.82, 2.24) is 4.98 Å². The van der Waals surface area contributed by atoms with E-state index in [-0.39, 0.29) is 5.56 Å². The van der Waals surface area contributed by atoms with Gasteiger partial charge in [-0.1, -0.05) is 0 Å². The molecule has 19 heavy (non-hydrogen) atoms. The van der Waals surface area contributed by atoms with Crippen LogP contribution >= 0.6 is 11.3 Å². The number of methoxy groups -OCH3 is 1. The molecule has 2 heterocycles. The lowest BCUT2D eigenvalue weighted by Crippen LogP contribution is -2.14. The molecule has 0 bridgehead atoms. The van der Waals surface area contributed by atoms with Crippen molar-refractivity contribution >= 4 is 45.6 Å². The topological polar surface area (TPSA) is 42.1 Å². The normalized spacial score (nSPS) is 11.3. The number of aryl methyl sites for hydroxylation is 2. The fraction of sp³-hybridized carbons (Fsp3) is 0.214. The van der Waals surface area contributed by atoms with Gasteiger partial charge in [-0.05, 0) is 37.0 Å². The summed E-state index contributed by atoms with van der Waals surface area (Å²) in [6, 6.07) is 3.85. The maximum absolute atomic E-state index is 12.1. The van der Waals surface area contributed by atoms with Gasteiger partial charge in [0.2, 0.25) is 0 Å². The molecule has 2 aromatic heterocycles. The summed E-state index contributed by atoms with van der Waals surface area (Å²) >= 11 is 1.48. The number of H-pyrrole nitrogens is 1. The number of benzene rings is 1. The van der Waals surface area contributed by atoms with Crippen LogP contribution in [0.25, 0.3) is 21.0 Å². The number of thiophene rings is 1. The smallest absolute Gasteiger partial charge is 0.266 e. The van der Waals surface area contributed by atoms with E-state index >= 15 is 0 Å². The van der Waals surface area contributed by atoms with E-state index < -0.39 is 0 Å². The Morgan fingerprint density at radius 1 is 1.32 bits per heavy atom. The highest BCUT2D eigenvalue weighted by atomic mass is 32.1. The van der Waals surface area contributed by atoms with Crippen LogP contribution in [-0.4, -0.2) is 19.9 Å². The molecule has 0 fully saturated rings. The lowest BCUT2D eigenvalue weighted by atomic mass is 9.87. The number of aromatic nitrogens is 1. The van der Waals surface area contributed by atoms with E-state index in [1.807, 2.05) is 26.0 Å². The van der Waals surface area contributed by atoms with E-state index in [9.17, 15) is 4.79 Å². The van der Waals surface area contributed by atoms with E-state index in [0.717, 1.165) is 26.7 Å². The molecule has 1 aromatic carbocycles. The lowest BCUT2D eigenvalue weighted by molar-refractivity contribution is 0.418. The van der Waals surface area contributed by atoms with Crippen molar-refractivity contribution in [3.05, 3.63) is 32.9 Å². The van der Waals surface area contributed by atoms with Gasteiger partial charge in [-0.3, -0.25) is 4.79 Å². The zero-order chi connectivity index (χ0) is 13.7. The number of rotatable bonds is 1. The number of aromatic amines is 1. The Morgan fingerprint density at radius 2 is 2.05 bits per heavy atom. The van der Waals surface area contributed by atoms with Gasteiger partial charge in [0.25, 0.3) is 5.56 Å². The third-order valence-electron chi connectivity index (χ3n) is 3.32. The number of fused-ring (bicyclic) bond motifs is 3. The molecule has 0 aliphatic carbocycles. The summed E-state index contributed by atoms with van der Waals surface area (Å²) in [6.45, 7) is 3.92. The second-order valence-electron chi connectivity index (χ2n) is 4.61. The molecule has 94 valence electrons. The maximum atomic E-state index is 12.1. The van der Waals surface area contributed by atoms with Gasteiger partial charge in [-0.25, -0.2) is 0 Å². The minimum absolute atomic E-state index is 0.0618. The van der Waals surface area contributed by atoms with Gasteiger partial charge in [0, 0.05) is 15.6 Å².